The maximum Gasteiger partial charge on any atom is 0.174 e. The molecule has 0 unspecified atom stereocenters. The van der Waals surface area contributed by atoms with Gasteiger partial charge in [0.15, 0.2) is 6.61 Å². The Morgan fingerprint density at radius 2 is 2.14 bits per heavy atom. The molecule has 0 fully saturated rings. The molecular weight excluding hydrogens is 198 g/mol. The van der Waals surface area contributed by atoms with E-state index < -0.39 is 0 Å². The number of rotatable bonds is 3. The maximum absolute atomic E-state index is 8.38. The molecule has 1 rings (SSSR count). The Kier molecular flexibility index (Phi) is 4.03. The zero-order valence-corrected chi connectivity index (χ0v) is 8.58. The van der Waals surface area contributed by atoms with Gasteiger partial charge in [-0.3, -0.25) is 0 Å². The third-order valence-corrected chi connectivity index (χ3v) is 1.94. The second-order valence-corrected chi connectivity index (χ2v) is 3.04. The second-order valence-electron chi connectivity index (χ2n) is 2.61. The molecule has 0 aromatic heterocycles. The average Bonchev–Trinajstić information content (AvgIpc) is 2.21. The summed E-state index contributed by atoms with van der Waals surface area (Å²) in [4.78, 5) is 0. The summed E-state index contributed by atoms with van der Waals surface area (Å²) in [7, 11) is 0. The smallest absolute Gasteiger partial charge is 0.174 e. The van der Waals surface area contributed by atoms with Crippen LogP contribution in [0.2, 0.25) is 5.02 Å². The van der Waals surface area contributed by atoms with Crippen molar-refractivity contribution in [2.24, 2.45) is 0 Å². The van der Waals surface area contributed by atoms with E-state index in [4.69, 9.17) is 21.6 Å². The SMILES string of the molecule is CC=C(OCC#N)c1ccc(Cl)cc1. The largest absolute Gasteiger partial charge is 0.478 e. The first kappa shape index (κ1) is 10.6. The van der Waals surface area contributed by atoms with Gasteiger partial charge in [-0.1, -0.05) is 11.6 Å². The summed E-state index contributed by atoms with van der Waals surface area (Å²) < 4.78 is 5.22. The van der Waals surface area contributed by atoms with E-state index in [-0.39, 0.29) is 6.61 Å². The molecule has 72 valence electrons. The van der Waals surface area contributed by atoms with Gasteiger partial charge in [0, 0.05) is 10.6 Å². The molecule has 0 bridgehead atoms. The van der Waals surface area contributed by atoms with Gasteiger partial charge in [0.2, 0.25) is 0 Å². The number of nitriles is 1. The Morgan fingerprint density at radius 3 is 2.64 bits per heavy atom. The highest BCUT2D eigenvalue weighted by Crippen LogP contribution is 2.18. The van der Waals surface area contributed by atoms with Crippen molar-refractivity contribution in [1.29, 1.82) is 5.26 Å². The number of hydrogen-bond acceptors (Lipinski definition) is 2. The molecule has 0 aliphatic carbocycles. The summed E-state index contributed by atoms with van der Waals surface area (Å²) in [6.45, 7) is 1.92. The summed E-state index contributed by atoms with van der Waals surface area (Å²) in [5.41, 5.74) is 0.923. The quantitative estimate of drug-likeness (QED) is 0.713. The number of hydrogen-bond donors (Lipinski definition) is 0. The average molecular weight is 208 g/mol. The van der Waals surface area contributed by atoms with E-state index in [9.17, 15) is 0 Å². The van der Waals surface area contributed by atoms with Crippen LogP contribution in [-0.2, 0) is 4.74 Å². The molecular formula is C11H10ClNO. The van der Waals surface area contributed by atoms with Gasteiger partial charge in [-0.2, -0.15) is 5.26 Å². The molecule has 1 aromatic rings. The minimum Gasteiger partial charge on any atom is -0.478 e. The van der Waals surface area contributed by atoms with Crippen LogP contribution in [0.25, 0.3) is 5.76 Å². The van der Waals surface area contributed by atoms with E-state index in [1.54, 1.807) is 12.1 Å². The van der Waals surface area contributed by atoms with Gasteiger partial charge in [0.1, 0.15) is 11.8 Å². The molecule has 2 nitrogen and oxygen atoms in total. The van der Waals surface area contributed by atoms with Crippen molar-refractivity contribution in [2.75, 3.05) is 6.61 Å². The maximum atomic E-state index is 8.38. The van der Waals surface area contributed by atoms with Gasteiger partial charge in [-0.15, -0.1) is 0 Å². The number of allylic oxidation sites excluding steroid dienone is 1. The molecule has 0 atom stereocenters. The van der Waals surface area contributed by atoms with Gasteiger partial charge in [-0.25, -0.2) is 0 Å². The number of benzene rings is 1. The van der Waals surface area contributed by atoms with Crippen LogP contribution in [0, 0.1) is 11.3 Å². The van der Waals surface area contributed by atoms with Crippen molar-refractivity contribution in [3.8, 4) is 6.07 Å². The fourth-order valence-corrected chi connectivity index (χ4v) is 1.18. The molecule has 14 heavy (non-hydrogen) atoms. The molecule has 0 aliphatic rings. The van der Waals surface area contributed by atoms with Crippen LogP contribution in [0.5, 0.6) is 0 Å². The second kappa shape index (κ2) is 5.31. The molecule has 0 heterocycles. The minimum atomic E-state index is 0.0578. The standard InChI is InChI=1S/C11H10ClNO/c1-2-11(14-8-7-13)9-3-5-10(12)6-4-9/h2-6H,8H2,1H3. The molecule has 0 saturated carbocycles. The summed E-state index contributed by atoms with van der Waals surface area (Å²) in [6.07, 6.45) is 1.82. The third-order valence-electron chi connectivity index (χ3n) is 1.68. The Morgan fingerprint density at radius 1 is 1.50 bits per heavy atom. The summed E-state index contributed by atoms with van der Waals surface area (Å²) in [5.74, 6) is 0.697. The van der Waals surface area contributed by atoms with Gasteiger partial charge in [0.25, 0.3) is 0 Å². The van der Waals surface area contributed by atoms with Crippen molar-refractivity contribution < 1.29 is 4.74 Å². The van der Waals surface area contributed by atoms with Gasteiger partial charge in [-0.05, 0) is 37.3 Å². The molecule has 0 spiro atoms. The molecule has 0 N–H and O–H groups in total. The van der Waals surface area contributed by atoms with E-state index in [1.807, 2.05) is 31.2 Å². The first-order valence-electron chi connectivity index (χ1n) is 4.20. The zero-order chi connectivity index (χ0) is 10.4. The summed E-state index contributed by atoms with van der Waals surface area (Å²) in [6, 6.07) is 9.21. The lowest BCUT2D eigenvalue weighted by Crippen LogP contribution is -1.91. The van der Waals surface area contributed by atoms with Crippen LogP contribution in [0.3, 0.4) is 0 Å². The molecule has 0 aliphatic heterocycles. The first-order valence-corrected chi connectivity index (χ1v) is 4.57. The van der Waals surface area contributed by atoms with Crippen LogP contribution in [0.1, 0.15) is 12.5 Å². The molecule has 1 aromatic carbocycles. The number of halogens is 1. The fraction of sp³-hybridized carbons (Fsp3) is 0.182. The molecule has 3 heteroatoms. The Hall–Kier alpha value is -1.46. The third kappa shape index (κ3) is 2.79. The van der Waals surface area contributed by atoms with E-state index in [2.05, 4.69) is 0 Å². The Labute approximate surface area is 88.4 Å². The lowest BCUT2D eigenvalue weighted by molar-refractivity contribution is 0.324. The molecule has 0 saturated heterocycles. The van der Waals surface area contributed by atoms with Gasteiger partial charge < -0.3 is 4.74 Å². The highest BCUT2D eigenvalue weighted by atomic mass is 35.5. The number of nitrogens with zero attached hydrogens (tertiary/aromatic N) is 1. The van der Waals surface area contributed by atoms with Crippen LogP contribution in [0.15, 0.2) is 30.3 Å². The van der Waals surface area contributed by atoms with Crippen molar-refractivity contribution in [2.45, 2.75) is 6.92 Å². The van der Waals surface area contributed by atoms with E-state index in [1.165, 1.54) is 0 Å². The van der Waals surface area contributed by atoms with Crippen LogP contribution < -0.4 is 0 Å². The van der Waals surface area contributed by atoms with E-state index in [0.29, 0.717) is 10.8 Å². The normalized spacial score (nSPS) is 10.8. The van der Waals surface area contributed by atoms with Crippen LogP contribution in [-0.4, -0.2) is 6.61 Å². The summed E-state index contributed by atoms with van der Waals surface area (Å²) in [5, 5.41) is 9.06. The monoisotopic (exact) mass is 207 g/mol. The Balaban J connectivity index is 2.81. The molecule has 0 amide bonds. The van der Waals surface area contributed by atoms with Crippen molar-refractivity contribution in [3.63, 3.8) is 0 Å². The first-order chi connectivity index (χ1) is 6.77. The van der Waals surface area contributed by atoms with Crippen LogP contribution >= 0.6 is 11.6 Å². The summed E-state index contributed by atoms with van der Waals surface area (Å²) >= 11 is 5.75. The highest BCUT2D eigenvalue weighted by molar-refractivity contribution is 6.30. The van der Waals surface area contributed by atoms with Crippen molar-refractivity contribution in [1.82, 2.24) is 0 Å². The van der Waals surface area contributed by atoms with Crippen LogP contribution in [0.4, 0.5) is 0 Å². The van der Waals surface area contributed by atoms with E-state index >= 15 is 0 Å². The van der Waals surface area contributed by atoms with Crippen molar-refractivity contribution >= 4 is 17.4 Å². The van der Waals surface area contributed by atoms with E-state index in [0.717, 1.165) is 5.56 Å². The predicted molar refractivity (Wildman–Crippen MR) is 56.7 cm³/mol. The van der Waals surface area contributed by atoms with Gasteiger partial charge >= 0.3 is 0 Å². The zero-order valence-electron chi connectivity index (χ0n) is 7.83. The lowest BCUT2D eigenvalue weighted by Gasteiger charge is -2.06. The number of ether oxygens (including phenoxy) is 1. The topological polar surface area (TPSA) is 33.0 Å². The van der Waals surface area contributed by atoms with Crippen molar-refractivity contribution in [3.05, 3.63) is 40.9 Å². The highest BCUT2D eigenvalue weighted by Gasteiger charge is 2.00. The Bertz CT molecular complexity index is 362. The fourth-order valence-electron chi connectivity index (χ4n) is 1.06. The predicted octanol–water partition coefficient (Wildman–Crippen LogP) is 3.24. The minimum absolute atomic E-state index is 0.0578. The molecule has 0 radical (unpaired) electrons. The van der Waals surface area contributed by atoms with Gasteiger partial charge in [0.05, 0.1) is 0 Å². The lowest BCUT2D eigenvalue weighted by atomic mass is 10.2.